The van der Waals surface area contributed by atoms with Crippen LogP contribution in [0.5, 0.6) is 11.5 Å². The van der Waals surface area contributed by atoms with E-state index in [1.807, 2.05) is 12.1 Å². The van der Waals surface area contributed by atoms with Crippen LogP contribution in [0, 0.1) is 0 Å². The molecule has 0 radical (unpaired) electrons. The van der Waals surface area contributed by atoms with E-state index >= 15 is 0 Å². The summed E-state index contributed by atoms with van der Waals surface area (Å²) in [6, 6.07) is 14.1. The molecule has 0 aromatic heterocycles. The Labute approximate surface area is 136 Å². The predicted octanol–water partition coefficient (Wildman–Crippen LogP) is 3.53. The molecule has 3 heteroatoms. The topological polar surface area (TPSA) is 43.7 Å². The fourth-order valence-electron chi connectivity index (χ4n) is 4.00. The largest absolute Gasteiger partial charge is 0.504 e. The van der Waals surface area contributed by atoms with Gasteiger partial charge in [0.15, 0.2) is 11.5 Å². The zero-order valence-corrected chi connectivity index (χ0v) is 13.3. The molecular formula is C20H21NO2. The van der Waals surface area contributed by atoms with Gasteiger partial charge in [-0.25, -0.2) is 0 Å². The Morgan fingerprint density at radius 2 is 1.83 bits per heavy atom. The summed E-state index contributed by atoms with van der Waals surface area (Å²) >= 11 is 0. The van der Waals surface area contributed by atoms with Crippen molar-refractivity contribution < 1.29 is 10.2 Å². The molecule has 0 saturated carbocycles. The number of phenols is 2. The van der Waals surface area contributed by atoms with Gasteiger partial charge in [0.2, 0.25) is 0 Å². The summed E-state index contributed by atoms with van der Waals surface area (Å²) in [5.41, 5.74) is 6.09. The zero-order valence-electron chi connectivity index (χ0n) is 13.3. The first-order valence-corrected chi connectivity index (χ1v) is 8.14. The van der Waals surface area contributed by atoms with Gasteiger partial charge in [-0.3, -0.25) is 0 Å². The van der Waals surface area contributed by atoms with Gasteiger partial charge < -0.3 is 15.1 Å². The number of fused-ring (bicyclic) bond motifs is 2. The fourth-order valence-corrected chi connectivity index (χ4v) is 4.00. The average molecular weight is 307 g/mol. The quantitative estimate of drug-likeness (QED) is 0.792. The molecule has 0 saturated heterocycles. The maximum Gasteiger partial charge on any atom is 0.161 e. The van der Waals surface area contributed by atoms with Crippen LogP contribution in [0.3, 0.4) is 0 Å². The smallest absolute Gasteiger partial charge is 0.161 e. The Balaban J connectivity index is 1.91. The van der Waals surface area contributed by atoms with Crippen LogP contribution in [0.25, 0.3) is 5.57 Å². The van der Waals surface area contributed by atoms with Crippen molar-refractivity contribution in [2.45, 2.75) is 18.8 Å². The van der Waals surface area contributed by atoms with Gasteiger partial charge in [0.25, 0.3) is 0 Å². The number of phenolic OH excluding ortho intramolecular Hbond substituents is 2. The lowest BCUT2D eigenvalue weighted by Crippen LogP contribution is -2.31. The Morgan fingerprint density at radius 3 is 2.61 bits per heavy atom. The van der Waals surface area contributed by atoms with E-state index < -0.39 is 0 Å². The van der Waals surface area contributed by atoms with Crippen molar-refractivity contribution in [1.29, 1.82) is 0 Å². The van der Waals surface area contributed by atoms with E-state index in [-0.39, 0.29) is 11.5 Å². The van der Waals surface area contributed by atoms with Gasteiger partial charge in [-0.2, -0.15) is 0 Å². The van der Waals surface area contributed by atoms with Gasteiger partial charge in [-0.15, -0.1) is 0 Å². The minimum atomic E-state index is -0.0243. The van der Waals surface area contributed by atoms with Gasteiger partial charge in [0, 0.05) is 24.6 Å². The van der Waals surface area contributed by atoms with Gasteiger partial charge in [-0.1, -0.05) is 42.0 Å². The molecule has 2 aliphatic rings. The lowest BCUT2D eigenvalue weighted by molar-refractivity contribution is 0.357. The highest BCUT2D eigenvalue weighted by atomic mass is 16.3. The highest BCUT2D eigenvalue weighted by Crippen LogP contribution is 2.47. The predicted molar refractivity (Wildman–Crippen MR) is 91.7 cm³/mol. The molecule has 0 amide bonds. The first-order valence-electron chi connectivity index (χ1n) is 8.14. The van der Waals surface area contributed by atoms with Crippen molar-refractivity contribution in [2.24, 2.45) is 0 Å². The van der Waals surface area contributed by atoms with Crippen molar-refractivity contribution in [2.75, 3.05) is 20.1 Å². The van der Waals surface area contributed by atoms with E-state index in [1.54, 1.807) is 6.07 Å². The molecule has 3 nitrogen and oxygen atoms in total. The van der Waals surface area contributed by atoms with Crippen LogP contribution in [-0.4, -0.2) is 35.3 Å². The number of rotatable bonds is 1. The number of hydrogen-bond acceptors (Lipinski definition) is 3. The summed E-state index contributed by atoms with van der Waals surface area (Å²) in [4.78, 5) is 2.32. The lowest BCUT2D eigenvalue weighted by atomic mass is 9.73. The van der Waals surface area contributed by atoms with Crippen LogP contribution in [-0.2, 0) is 6.42 Å². The maximum absolute atomic E-state index is 10.4. The first-order chi connectivity index (χ1) is 11.1. The number of nitrogens with zero attached hydrogens (tertiary/aromatic N) is 1. The van der Waals surface area contributed by atoms with Crippen LogP contribution >= 0.6 is 0 Å². The van der Waals surface area contributed by atoms with Crippen molar-refractivity contribution in [3.05, 3.63) is 64.7 Å². The summed E-state index contributed by atoms with van der Waals surface area (Å²) < 4.78 is 0. The van der Waals surface area contributed by atoms with Gasteiger partial charge in [0.1, 0.15) is 0 Å². The third-order valence-corrected chi connectivity index (χ3v) is 5.20. The van der Waals surface area contributed by atoms with Crippen LogP contribution in [0.15, 0.2) is 48.0 Å². The molecule has 1 heterocycles. The number of aromatic hydroxyl groups is 2. The third kappa shape index (κ3) is 2.32. The molecule has 0 spiro atoms. The van der Waals surface area contributed by atoms with E-state index in [4.69, 9.17) is 0 Å². The maximum atomic E-state index is 10.4. The summed E-state index contributed by atoms with van der Waals surface area (Å²) in [5, 5.41) is 20.3. The molecule has 1 aliphatic carbocycles. The fraction of sp³-hybridized carbons (Fsp3) is 0.300. The Bertz CT molecular complexity index is 780. The molecule has 2 N–H and O–H groups in total. The second kappa shape index (κ2) is 5.43. The molecular weight excluding hydrogens is 286 g/mol. The molecule has 1 aliphatic heterocycles. The van der Waals surface area contributed by atoms with E-state index in [0.29, 0.717) is 5.92 Å². The Hall–Kier alpha value is -2.26. The summed E-state index contributed by atoms with van der Waals surface area (Å²) in [6.07, 6.45) is 1.81. The van der Waals surface area contributed by atoms with Crippen LogP contribution in [0.1, 0.15) is 29.0 Å². The second-order valence-electron chi connectivity index (χ2n) is 6.62. The van der Waals surface area contributed by atoms with Gasteiger partial charge in [-0.05, 0) is 42.7 Å². The van der Waals surface area contributed by atoms with Crippen molar-refractivity contribution in [3.8, 4) is 11.5 Å². The summed E-state index contributed by atoms with van der Waals surface area (Å²) in [6.45, 7) is 1.97. The monoisotopic (exact) mass is 307 g/mol. The Kier molecular flexibility index (Phi) is 3.38. The van der Waals surface area contributed by atoms with Crippen molar-refractivity contribution >= 4 is 5.57 Å². The van der Waals surface area contributed by atoms with E-state index in [1.165, 1.54) is 16.7 Å². The van der Waals surface area contributed by atoms with Gasteiger partial charge >= 0.3 is 0 Å². The van der Waals surface area contributed by atoms with Crippen LogP contribution in [0.4, 0.5) is 0 Å². The molecule has 1 atom stereocenters. The zero-order chi connectivity index (χ0) is 16.0. The van der Waals surface area contributed by atoms with Gasteiger partial charge in [0.05, 0.1) is 0 Å². The molecule has 23 heavy (non-hydrogen) atoms. The number of benzene rings is 2. The molecule has 0 bridgehead atoms. The minimum absolute atomic E-state index is 0.0243. The highest BCUT2D eigenvalue weighted by Gasteiger charge is 2.33. The normalized spacial score (nSPS) is 21.0. The third-order valence-electron chi connectivity index (χ3n) is 5.20. The molecule has 0 fully saturated rings. The Morgan fingerprint density at radius 1 is 1.04 bits per heavy atom. The van der Waals surface area contributed by atoms with Crippen molar-refractivity contribution in [1.82, 2.24) is 4.90 Å². The molecule has 2 aromatic carbocycles. The van der Waals surface area contributed by atoms with E-state index in [9.17, 15) is 10.2 Å². The van der Waals surface area contributed by atoms with Crippen LogP contribution in [0.2, 0.25) is 0 Å². The molecule has 2 aromatic rings. The SMILES string of the molecule is CN1CCC2=C(C1)c1ccc(O)c(O)c1CC2c1ccccc1. The average Bonchev–Trinajstić information content (AvgIpc) is 2.58. The number of likely N-dealkylation sites (N-methyl/N-ethyl adjacent to an activating group) is 1. The molecule has 118 valence electrons. The second-order valence-corrected chi connectivity index (χ2v) is 6.62. The summed E-state index contributed by atoms with van der Waals surface area (Å²) in [7, 11) is 2.13. The van der Waals surface area contributed by atoms with Crippen molar-refractivity contribution in [3.63, 3.8) is 0 Å². The van der Waals surface area contributed by atoms with E-state index in [2.05, 4.69) is 36.2 Å². The highest BCUT2D eigenvalue weighted by molar-refractivity contribution is 5.79. The lowest BCUT2D eigenvalue weighted by Gasteiger charge is -2.37. The minimum Gasteiger partial charge on any atom is -0.504 e. The molecule has 4 rings (SSSR count). The van der Waals surface area contributed by atoms with Crippen LogP contribution < -0.4 is 0 Å². The standard InChI is InChI=1S/C20H21NO2/c1-21-10-9-15-16(13-5-3-2-4-6-13)11-17-14(18(15)12-21)7-8-19(22)20(17)23/h2-8,16,22-23H,9-12H2,1H3. The summed E-state index contributed by atoms with van der Waals surface area (Å²) in [5.74, 6) is 0.312. The molecule has 1 unspecified atom stereocenters. The number of hydrogen-bond donors (Lipinski definition) is 2. The first kappa shape index (κ1) is 14.3. The van der Waals surface area contributed by atoms with E-state index in [0.717, 1.165) is 37.1 Å².